The van der Waals surface area contributed by atoms with Gasteiger partial charge in [0.2, 0.25) is 5.75 Å². The number of hydrogen-bond acceptors (Lipinski definition) is 5. The monoisotopic (exact) mass is 393 g/mol. The van der Waals surface area contributed by atoms with E-state index in [2.05, 4.69) is 5.32 Å². The normalized spacial score (nSPS) is 11.4. The van der Waals surface area contributed by atoms with Gasteiger partial charge in [0.1, 0.15) is 5.75 Å². The molecule has 1 amide bonds. The van der Waals surface area contributed by atoms with Crippen molar-refractivity contribution < 1.29 is 23.7 Å². The summed E-state index contributed by atoms with van der Waals surface area (Å²) in [5.41, 5.74) is 0.760. The van der Waals surface area contributed by atoms with E-state index >= 15 is 0 Å². The van der Waals surface area contributed by atoms with Crippen molar-refractivity contribution in [1.29, 1.82) is 0 Å². The van der Waals surface area contributed by atoms with Crippen molar-refractivity contribution in [2.45, 2.75) is 26.0 Å². The lowest BCUT2D eigenvalue weighted by molar-refractivity contribution is -0.128. The van der Waals surface area contributed by atoms with Crippen molar-refractivity contribution in [2.24, 2.45) is 0 Å². The topological polar surface area (TPSA) is 66.0 Å². The van der Waals surface area contributed by atoms with Gasteiger partial charge in [0, 0.05) is 12.1 Å². The van der Waals surface area contributed by atoms with Gasteiger partial charge in [0.25, 0.3) is 5.91 Å². The number of hydrogen-bond donors (Lipinski definition) is 1. The van der Waals surface area contributed by atoms with Crippen LogP contribution in [0.2, 0.25) is 5.02 Å². The van der Waals surface area contributed by atoms with E-state index in [1.165, 1.54) is 14.2 Å². The molecule has 0 bridgehead atoms. The number of halogens is 1. The zero-order valence-electron chi connectivity index (χ0n) is 15.9. The molecule has 0 saturated carbocycles. The van der Waals surface area contributed by atoms with Crippen LogP contribution in [0.4, 0.5) is 0 Å². The molecule has 1 N–H and O–H groups in total. The van der Waals surface area contributed by atoms with Crippen molar-refractivity contribution in [1.82, 2.24) is 5.32 Å². The highest BCUT2D eigenvalue weighted by atomic mass is 35.5. The van der Waals surface area contributed by atoms with E-state index in [0.717, 1.165) is 5.56 Å². The van der Waals surface area contributed by atoms with Crippen molar-refractivity contribution in [3.63, 3.8) is 0 Å². The van der Waals surface area contributed by atoms with Gasteiger partial charge < -0.3 is 24.3 Å². The molecule has 2 rings (SSSR count). The third kappa shape index (κ3) is 4.98. The molecule has 27 heavy (non-hydrogen) atoms. The first-order chi connectivity index (χ1) is 13.0. The Morgan fingerprint density at radius 2 is 1.70 bits per heavy atom. The highest BCUT2D eigenvalue weighted by Gasteiger charge is 2.21. The molecular weight excluding hydrogens is 370 g/mol. The van der Waals surface area contributed by atoms with Crippen LogP contribution in [0.15, 0.2) is 36.4 Å². The number of carbonyl (C=O) groups excluding carboxylic acids is 1. The SMILES string of the molecule is CCC(Oc1ccccc1Cl)C(=O)NCc1ccc(OC)c(OC)c1OC. The summed E-state index contributed by atoms with van der Waals surface area (Å²) >= 11 is 6.11. The summed E-state index contributed by atoms with van der Waals surface area (Å²) < 4.78 is 21.8. The number of amides is 1. The fourth-order valence-corrected chi connectivity index (χ4v) is 2.79. The molecule has 0 aliphatic heterocycles. The molecule has 0 saturated heterocycles. The molecule has 0 fully saturated rings. The molecule has 2 aromatic rings. The van der Waals surface area contributed by atoms with Gasteiger partial charge in [0.05, 0.1) is 26.4 Å². The number of benzene rings is 2. The average Bonchev–Trinajstić information content (AvgIpc) is 2.70. The Morgan fingerprint density at radius 1 is 1.00 bits per heavy atom. The lowest BCUT2D eigenvalue weighted by atomic mass is 10.1. The molecule has 1 unspecified atom stereocenters. The van der Waals surface area contributed by atoms with Crippen LogP contribution in [0, 0.1) is 0 Å². The molecule has 1 atom stereocenters. The molecule has 0 aliphatic carbocycles. The predicted molar refractivity (Wildman–Crippen MR) is 104 cm³/mol. The molecule has 0 aromatic heterocycles. The fraction of sp³-hybridized carbons (Fsp3) is 0.350. The number of nitrogens with one attached hydrogen (secondary N) is 1. The number of methoxy groups -OCH3 is 3. The molecule has 0 heterocycles. The van der Waals surface area contributed by atoms with Gasteiger partial charge in [-0.2, -0.15) is 0 Å². The number of para-hydroxylation sites is 1. The third-order valence-corrected chi connectivity index (χ3v) is 4.32. The van der Waals surface area contributed by atoms with E-state index in [-0.39, 0.29) is 12.5 Å². The lowest BCUT2D eigenvalue weighted by Gasteiger charge is -2.19. The number of carbonyl (C=O) groups is 1. The van der Waals surface area contributed by atoms with Crippen LogP contribution in [-0.4, -0.2) is 33.3 Å². The molecule has 146 valence electrons. The molecule has 0 radical (unpaired) electrons. The highest BCUT2D eigenvalue weighted by Crippen LogP contribution is 2.39. The Balaban J connectivity index is 2.10. The number of rotatable bonds is 9. The van der Waals surface area contributed by atoms with E-state index in [1.807, 2.05) is 13.0 Å². The molecule has 6 nitrogen and oxygen atoms in total. The van der Waals surface area contributed by atoms with Crippen molar-refractivity contribution in [3.8, 4) is 23.0 Å². The van der Waals surface area contributed by atoms with Gasteiger partial charge in [0.15, 0.2) is 17.6 Å². The smallest absolute Gasteiger partial charge is 0.261 e. The second-order valence-corrected chi connectivity index (χ2v) is 6.06. The maximum atomic E-state index is 12.6. The molecule has 0 spiro atoms. The van der Waals surface area contributed by atoms with E-state index in [0.29, 0.717) is 34.4 Å². The second kappa shape index (κ2) is 9.92. The van der Waals surface area contributed by atoms with Crippen molar-refractivity contribution in [3.05, 3.63) is 47.0 Å². The van der Waals surface area contributed by atoms with Crippen LogP contribution in [0.1, 0.15) is 18.9 Å². The van der Waals surface area contributed by atoms with Gasteiger partial charge in [-0.25, -0.2) is 0 Å². The number of ether oxygens (including phenoxy) is 4. The largest absolute Gasteiger partial charge is 0.493 e. The quantitative estimate of drug-likeness (QED) is 0.701. The Kier molecular flexibility index (Phi) is 7.61. The average molecular weight is 394 g/mol. The summed E-state index contributed by atoms with van der Waals surface area (Å²) in [6.07, 6.45) is -0.156. The molecular formula is C20H24ClNO5. The summed E-state index contributed by atoms with van der Waals surface area (Å²) in [5, 5.41) is 3.33. The first-order valence-corrected chi connectivity index (χ1v) is 8.90. The molecule has 7 heteroatoms. The Hall–Kier alpha value is -2.60. The van der Waals surface area contributed by atoms with Gasteiger partial charge in [-0.05, 0) is 30.7 Å². The second-order valence-electron chi connectivity index (χ2n) is 5.66. The van der Waals surface area contributed by atoms with E-state index in [4.69, 9.17) is 30.5 Å². The van der Waals surface area contributed by atoms with Gasteiger partial charge in [-0.3, -0.25) is 4.79 Å². The van der Waals surface area contributed by atoms with Gasteiger partial charge in [-0.15, -0.1) is 0 Å². The van der Waals surface area contributed by atoms with Crippen LogP contribution < -0.4 is 24.3 Å². The van der Waals surface area contributed by atoms with Crippen molar-refractivity contribution in [2.75, 3.05) is 21.3 Å². The summed E-state index contributed by atoms with van der Waals surface area (Å²) in [6.45, 7) is 2.13. The van der Waals surface area contributed by atoms with Crippen LogP contribution in [0.3, 0.4) is 0 Å². The minimum atomic E-state index is -0.656. The Bertz CT molecular complexity index is 781. The van der Waals surface area contributed by atoms with Crippen LogP contribution in [0.5, 0.6) is 23.0 Å². The van der Waals surface area contributed by atoms with Crippen LogP contribution in [0.25, 0.3) is 0 Å². The van der Waals surface area contributed by atoms with E-state index in [9.17, 15) is 4.79 Å². The lowest BCUT2D eigenvalue weighted by Crippen LogP contribution is -2.37. The summed E-state index contributed by atoms with van der Waals surface area (Å²) in [7, 11) is 4.63. The van der Waals surface area contributed by atoms with Crippen molar-refractivity contribution >= 4 is 17.5 Å². The summed E-state index contributed by atoms with van der Waals surface area (Å²) in [5.74, 6) is 1.78. The maximum Gasteiger partial charge on any atom is 0.261 e. The first-order valence-electron chi connectivity index (χ1n) is 8.52. The molecule has 0 aliphatic rings. The molecule has 2 aromatic carbocycles. The van der Waals surface area contributed by atoms with E-state index < -0.39 is 6.10 Å². The van der Waals surface area contributed by atoms with Gasteiger partial charge >= 0.3 is 0 Å². The standard InChI is InChI=1S/C20H24ClNO5/c1-5-15(27-16-9-7-6-8-14(16)21)20(23)22-12-13-10-11-17(24-2)19(26-4)18(13)25-3/h6-11,15H,5,12H2,1-4H3,(H,22,23). The van der Waals surface area contributed by atoms with Gasteiger partial charge in [-0.1, -0.05) is 30.7 Å². The Morgan fingerprint density at radius 3 is 2.30 bits per heavy atom. The third-order valence-electron chi connectivity index (χ3n) is 4.01. The summed E-state index contributed by atoms with van der Waals surface area (Å²) in [6, 6.07) is 10.6. The maximum absolute atomic E-state index is 12.6. The highest BCUT2D eigenvalue weighted by molar-refractivity contribution is 6.32. The minimum Gasteiger partial charge on any atom is -0.493 e. The predicted octanol–water partition coefficient (Wildman–Crippen LogP) is 3.84. The first kappa shape index (κ1) is 20.7. The van der Waals surface area contributed by atoms with E-state index in [1.54, 1.807) is 37.4 Å². The zero-order valence-corrected chi connectivity index (χ0v) is 16.6. The van der Waals surface area contributed by atoms with Crippen LogP contribution >= 0.6 is 11.6 Å². The summed E-state index contributed by atoms with van der Waals surface area (Å²) in [4.78, 5) is 12.6. The fourth-order valence-electron chi connectivity index (χ4n) is 2.61. The minimum absolute atomic E-state index is 0.241. The zero-order chi connectivity index (χ0) is 19.8. The Labute approximate surface area is 164 Å². The van der Waals surface area contributed by atoms with Crippen LogP contribution in [-0.2, 0) is 11.3 Å².